The molecule has 0 aliphatic rings. The fourth-order valence-electron chi connectivity index (χ4n) is 3.07. The number of hydrogen-bond donors (Lipinski definition) is 0. The molecule has 4 nitrogen and oxygen atoms in total. The molecule has 4 rings (SSSR count). The van der Waals surface area contributed by atoms with Crippen molar-refractivity contribution in [2.24, 2.45) is 0 Å². The molecule has 2 aromatic heterocycles. The molecule has 0 saturated carbocycles. The minimum Gasteiger partial charge on any atom is -0.497 e. The van der Waals surface area contributed by atoms with Crippen molar-refractivity contribution >= 4 is 33.2 Å². The Kier molecular flexibility index (Phi) is 4.72. The van der Waals surface area contributed by atoms with Crippen LogP contribution in [-0.4, -0.2) is 16.7 Å². The summed E-state index contributed by atoms with van der Waals surface area (Å²) in [6.45, 7) is 2.33. The number of hydrogen-bond acceptors (Lipinski definition) is 4. The summed E-state index contributed by atoms with van der Waals surface area (Å²) in [6, 6.07) is 15.2. The van der Waals surface area contributed by atoms with Crippen LogP contribution in [0.15, 0.2) is 58.7 Å². The maximum atomic E-state index is 13.3. The van der Waals surface area contributed by atoms with E-state index in [0.29, 0.717) is 22.8 Å². The lowest BCUT2D eigenvalue weighted by Crippen LogP contribution is -2.24. The lowest BCUT2D eigenvalue weighted by molar-refractivity contribution is 0.415. The molecule has 0 spiro atoms. The summed E-state index contributed by atoms with van der Waals surface area (Å²) in [5.41, 5.74) is 2.86. The standard InChI is InChI=1S/C21H17ClN2O2S/c1-13-23-20-19(18(12-27-20)15-5-9-17(26-2)10-6-15)21(25)24(13)11-14-3-7-16(22)8-4-14/h3-10,12H,11H2,1-2H3. The Balaban J connectivity index is 1.83. The molecule has 6 heteroatoms. The van der Waals surface area contributed by atoms with Crippen LogP contribution in [0.3, 0.4) is 0 Å². The molecule has 0 bridgehead atoms. The normalized spacial score (nSPS) is 11.1. The number of fused-ring (bicyclic) bond motifs is 1. The van der Waals surface area contributed by atoms with Gasteiger partial charge in [0.25, 0.3) is 5.56 Å². The van der Waals surface area contributed by atoms with Crippen LogP contribution in [0.5, 0.6) is 5.75 Å². The van der Waals surface area contributed by atoms with Gasteiger partial charge in [0.1, 0.15) is 16.4 Å². The number of methoxy groups -OCH3 is 1. The van der Waals surface area contributed by atoms with Crippen molar-refractivity contribution in [1.29, 1.82) is 0 Å². The van der Waals surface area contributed by atoms with Gasteiger partial charge in [-0.25, -0.2) is 4.98 Å². The van der Waals surface area contributed by atoms with Gasteiger partial charge in [-0.3, -0.25) is 9.36 Å². The van der Waals surface area contributed by atoms with E-state index in [1.807, 2.05) is 60.8 Å². The topological polar surface area (TPSA) is 44.1 Å². The molecule has 0 aliphatic heterocycles. The minimum atomic E-state index is -0.0282. The number of nitrogens with zero attached hydrogens (tertiary/aromatic N) is 2. The molecule has 0 aliphatic carbocycles. The van der Waals surface area contributed by atoms with Crippen molar-refractivity contribution in [3.05, 3.63) is 80.7 Å². The van der Waals surface area contributed by atoms with Gasteiger partial charge >= 0.3 is 0 Å². The largest absolute Gasteiger partial charge is 0.497 e. The second kappa shape index (κ2) is 7.18. The average molecular weight is 397 g/mol. The Morgan fingerprint density at radius 3 is 2.48 bits per heavy atom. The smallest absolute Gasteiger partial charge is 0.263 e. The SMILES string of the molecule is COc1ccc(-c2csc3nc(C)n(Cc4ccc(Cl)cc4)c(=O)c23)cc1. The number of rotatable bonds is 4. The summed E-state index contributed by atoms with van der Waals surface area (Å²) >= 11 is 7.45. The highest BCUT2D eigenvalue weighted by Crippen LogP contribution is 2.32. The second-order valence-electron chi connectivity index (χ2n) is 6.23. The number of thiophene rings is 1. The van der Waals surface area contributed by atoms with Gasteiger partial charge in [0.05, 0.1) is 19.0 Å². The van der Waals surface area contributed by atoms with Crippen LogP contribution in [-0.2, 0) is 6.54 Å². The van der Waals surface area contributed by atoms with Gasteiger partial charge in [-0.1, -0.05) is 35.9 Å². The molecule has 4 aromatic rings. The van der Waals surface area contributed by atoms with Gasteiger partial charge in [0.2, 0.25) is 0 Å². The molecule has 27 heavy (non-hydrogen) atoms. The monoisotopic (exact) mass is 396 g/mol. The molecule has 0 fully saturated rings. The number of benzene rings is 2. The predicted octanol–water partition coefficient (Wildman–Crippen LogP) is 5.14. The predicted molar refractivity (Wildman–Crippen MR) is 111 cm³/mol. The maximum absolute atomic E-state index is 13.3. The zero-order valence-corrected chi connectivity index (χ0v) is 16.5. The molecule has 0 amide bonds. The fraction of sp³-hybridized carbons (Fsp3) is 0.143. The summed E-state index contributed by atoms with van der Waals surface area (Å²) < 4.78 is 6.94. The highest BCUT2D eigenvalue weighted by Gasteiger charge is 2.15. The van der Waals surface area contributed by atoms with Crippen molar-refractivity contribution in [3.63, 3.8) is 0 Å². The van der Waals surface area contributed by atoms with Crippen LogP contribution in [0.4, 0.5) is 0 Å². The van der Waals surface area contributed by atoms with Gasteiger partial charge in [0, 0.05) is 16.0 Å². The lowest BCUT2D eigenvalue weighted by atomic mass is 10.1. The quantitative estimate of drug-likeness (QED) is 0.479. The summed E-state index contributed by atoms with van der Waals surface area (Å²) in [6.07, 6.45) is 0. The summed E-state index contributed by atoms with van der Waals surface area (Å²) in [4.78, 5) is 18.7. The average Bonchev–Trinajstić information content (AvgIpc) is 3.10. The van der Waals surface area contributed by atoms with Crippen molar-refractivity contribution < 1.29 is 4.74 Å². The Labute approximate surface area is 165 Å². The van der Waals surface area contributed by atoms with Crippen molar-refractivity contribution in [3.8, 4) is 16.9 Å². The number of aromatic nitrogens is 2. The van der Waals surface area contributed by atoms with E-state index in [9.17, 15) is 4.79 Å². The van der Waals surface area contributed by atoms with Gasteiger partial charge < -0.3 is 4.74 Å². The van der Waals surface area contributed by atoms with E-state index in [0.717, 1.165) is 27.3 Å². The highest BCUT2D eigenvalue weighted by molar-refractivity contribution is 7.17. The number of halogens is 1. The molecule has 0 atom stereocenters. The van der Waals surface area contributed by atoms with Crippen LogP contribution in [0.2, 0.25) is 5.02 Å². The van der Waals surface area contributed by atoms with Crippen LogP contribution in [0.1, 0.15) is 11.4 Å². The zero-order valence-electron chi connectivity index (χ0n) is 14.9. The van der Waals surface area contributed by atoms with E-state index < -0.39 is 0 Å². The Bertz CT molecular complexity index is 1160. The first-order valence-electron chi connectivity index (χ1n) is 8.44. The molecule has 136 valence electrons. The molecular formula is C21H17ClN2O2S. The maximum Gasteiger partial charge on any atom is 0.263 e. The summed E-state index contributed by atoms with van der Waals surface area (Å²) in [5, 5.41) is 3.33. The molecule has 0 unspecified atom stereocenters. The van der Waals surface area contributed by atoms with E-state index >= 15 is 0 Å². The third-order valence-corrected chi connectivity index (χ3v) is 5.66. The first-order valence-corrected chi connectivity index (χ1v) is 9.70. The third-order valence-electron chi connectivity index (χ3n) is 4.54. The van der Waals surface area contributed by atoms with Crippen molar-refractivity contribution in [1.82, 2.24) is 9.55 Å². The first kappa shape index (κ1) is 17.8. The third kappa shape index (κ3) is 3.36. The van der Waals surface area contributed by atoms with Gasteiger partial charge in [-0.05, 0) is 42.3 Å². The lowest BCUT2D eigenvalue weighted by Gasteiger charge is -2.10. The van der Waals surface area contributed by atoms with Gasteiger partial charge in [0.15, 0.2) is 0 Å². The molecule has 2 aromatic carbocycles. The Morgan fingerprint density at radius 1 is 1.11 bits per heavy atom. The van der Waals surface area contributed by atoms with Gasteiger partial charge in [-0.15, -0.1) is 11.3 Å². The highest BCUT2D eigenvalue weighted by atomic mass is 35.5. The van der Waals surface area contributed by atoms with Gasteiger partial charge in [-0.2, -0.15) is 0 Å². The van der Waals surface area contributed by atoms with Crippen LogP contribution in [0, 0.1) is 6.92 Å². The molecular weight excluding hydrogens is 380 g/mol. The van der Waals surface area contributed by atoms with Crippen molar-refractivity contribution in [2.75, 3.05) is 7.11 Å². The van der Waals surface area contributed by atoms with Crippen LogP contribution < -0.4 is 10.3 Å². The Hall–Kier alpha value is -2.63. The van der Waals surface area contributed by atoms with Crippen molar-refractivity contribution in [2.45, 2.75) is 13.5 Å². The number of ether oxygens (including phenoxy) is 1. The summed E-state index contributed by atoms with van der Waals surface area (Å²) in [5.74, 6) is 1.48. The van der Waals surface area contributed by atoms with Crippen LogP contribution >= 0.6 is 22.9 Å². The zero-order chi connectivity index (χ0) is 19.0. The minimum absolute atomic E-state index is 0.0282. The molecule has 0 N–H and O–H groups in total. The van der Waals surface area contributed by atoms with Crippen LogP contribution in [0.25, 0.3) is 21.3 Å². The van der Waals surface area contributed by atoms with E-state index in [4.69, 9.17) is 16.3 Å². The number of aryl methyl sites for hydroxylation is 1. The molecule has 2 heterocycles. The van der Waals surface area contributed by atoms with E-state index in [-0.39, 0.29) is 5.56 Å². The first-order chi connectivity index (χ1) is 13.1. The fourth-order valence-corrected chi connectivity index (χ4v) is 4.18. The molecule has 0 radical (unpaired) electrons. The van der Waals surface area contributed by atoms with E-state index in [1.54, 1.807) is 11.7 Å². The molecule has 0 saturated heterocycles. The van der Waals surface area contributed by atoms with E-state index in [2.05, 4.69) is 4.98 Å². The Morgan fingerprint density at radius 2 is 1.81 bits per heavy atom. The summed E-state index contributed by atoms with van der Waals surface area (Å²) in [7, 11) is 1.64. The second-order valence-corrected chi connectivity index (χ2v) is 7.53. The van der Waals surface area contributed by atoms with E-state index in [1.165, 1.54) is 11.3 Å².